The summed E-state index contributed by atoms with van der Waals surface area (Å²) < 4.78 is 29.8. The van der Waals surface area contributed by atoms with Gasteiger partial charge >= 0.3 is 0 Å². The molecule has 2 saturated heterocycles. The molecule has 5 unspecified atom stereocenters. The molecule has 2 aromatic rings. The van der Waals surface area contributed by atoms with E-state index in [-0.39, 0.29) is 43.0 Å². The summed E-state index contributed by atoms with van der Waals surface area (Å²) in [6, 6.07) is 4.19. The number of alkyl halides is 2. The highest BCUT2D eigenvalue weighted by Gasteiger charge is 2.39. The second-order valence-corrected chi connectivity index (χ2v) is 9.73. The Bertz CT molecular complexity index is 1270. The Morgan fingerprint density at radius 3 is 2.89 bits per heavy atom. The zero-order chi connectivity index (χ0) is 25.4. The molecule has 5 rings (SSSR count). The maximum absolute atomic E-state index is 14.4. The van der Waals surface area contributed by atoms with E-state index in [2.05, 4.69) is 25.6 Å². The fourth-order valence-electron chi connectivity index (χ4n) is 5.04. The molecule has 0 radical (unpaired) electrons. The summed E-state index contributed by atoms with van der Waals surface area (Å²) >= 11 is 0. The number of amidine groups is 1. The number of nitrogens with zero attached hydrogens (tertiary/aromatic N) is 6. The summed E-state index contributed by atoms with van der Waals surface area (Å²) in [5.41, 5.74) is 7.50. The largest absolute Gasteiger partial charge is 0.386 e. The summed E-state index contributed by atoms with van der Waals surface area (Å²) in [5, 5.41) is 15.8. The van der Waals surface area contributed by atoms with E-state index in [9.17, 15) is 18.4 Å². The molecule has 3 aliphatic rings. The number of nitrogens with one attached hydrogen (secondary N) is 1. The third-order valence-corrected chi connectivity index (χ3v) is 7.16. The standard InChI is InChI=1S/C24H28F2N8O2/c1-24(4-5-29-30-13-24)14-2-3-20-16(6-14)19(12-35)32-34(20)11-22(36)33-10-15(25)7-21(33)23(27)31-18-9-28-8-17(18)26/h2-6,12,15,17-18,21,28H,7-11,13H2,1H3,(H2,27,31). The van der Waals surface area contributed by atoms with Crippen molar-refractivity contribution >= 4 is 28.9 Å². The molecular weight excluding hydrogens is 470 g/mol. The topological polar surface area (TPSA) is 130 Å². The van der Waals surface area contributed by atoms with Crippen LogP contribution >= 0.6 is 0 Å². The maximum Gasteiger partial charge on any atom is 0.245 e. The van der Waals surface area contributed by atoms with Gasteiger partial charge in [-0.15, -0.1) is 0 Å². The Morgan fingerprint density at radius 1 is 1.36 bits per heavy atom. The van der Waals surface area contributed by atoms with Crippen LogP contribution in [0, 0.1) is 0 Å². The van der Waals surface area contributed by atoms with Crippen molar-refractivity contribution in [2.45, 2.75) is 49.7 Å². The fraction of sp³-hybridized carbons (Fsp3) is 0.500. The molecule has 0 aliphatic carbocycles. The number of nitrogens with two attached hydrogens (primary N) is 1. The first kappa shape index (κ1) is 24.2. The van der Waals surface area contributed by atoms with Gasteiger partial charge in [0.2, 0.25) is 5.91 Å². The van der Waals surface area contributed by atoms with Crippen LogP contribution < -0.4 is 11.1 Å². The van der Waals surface area contributed by atoms with Gasteiger partial charge in [-0.25, -0.2) is 8.78 Å². The summed E-state index contributed by atoms with van der Waals surface area (Å²) in [6.45, 7) is 2.69. The predicted molar refractivity (Wildman–Crippen MR) is 130 cm³/mol. The van der Waals surface area contributed by atoms with E-state index in [4.69, 9.17) is 5.73 Å². The Balaban J connectivity index is 1.40. The third kappa shape index (κ3) is 4.41. The number of carbonyl (C=O) groups excluding carboxylic acids is 2. The van der Waals surface area contributed by atoms with Gasteiger partial charge in [0.15, 0.2) is 6.29 Å². The molecule has 12 heteroatoms. The highest BCUT2D eigenvalue weighted by molar-refractivity contribution is 5.96. The lowest BCUT2D eigenvalue weighted by Crippen LogP contribution is -2.46. The molecule has 1 aromatic heterocycles. The van der Waals surface area contributed by atoms with Gasteiger partial charge in [-0.2, -0.15) is 15.3 Å². The van der Waals surface area contributed by atoms with Crippen LogP contribution in [0.15, 0.2) is 45.7 Å². The molecule has 4 heterocycles. The summed E-state index contributed by atoms with van der Waals surface area (Å²) in [5.74, 6) is -0.359. The fourth-order valence-corrected chi connectivity index (χ4v) is 5.04. The van der Waals surface area contributed by atoms with Crippen molar-refractivity contribution in [1.29, 1.82) is 0 Å². The van der Waals surface area contributed by atoms with E-state index in [1.807, 2.05) is 31.2 Å². The van der Waals surface area contributed by atoms with Crippen LogP contribution in [0.4, 0.5) is 8.78 Å². The van der Waals surface area contributed by atoms with Gasteiger partial charge < -0.3 is 16.0 Å². The van der Waals surface area contributed by atoms with Gasteiger partial charge in [0.25, 0.3) is 0 Å². The molecule has 0 bridgehead atoms. The van der Waals surface area contributed by atoms with Crippen molar-refractivity contribution in [3.8, 4) is 0 Å². The maximum atomic E-state index is 14.4. The van der Waals surface area contributed by atoms with E-state index in [1.165, 1.54) is 9.58 Å². The Morgan fingerprint density at radius 2 is 2.19 bits per heavy atom. The lowest BCUT2D eigenvalue weighted by Gasteiger charge is -2.26. The van der Waals surface area contributed by atoms with Crippen LogP contribution in [0.25, 0.3) is 10.9 Å². The minimum absolute atomic E-state index is 0.00438. The molecule has 0 spiro atoms. The van der Waals surface area contributed by atoms with Crippen LogP contribution in [0.1, 0.15) is 29.4 Å². The number of hydrogen-bond acceptors (Lipinski definition) is 7. The molecule has 3 aliphatic heterocycles. The Hall–Kier alpha value is -3.54. The third-order valence-electron chi connectivity index (χ3n) is 7.16. The minimum atomic E-state index is -1.26. The van der Waals surface area contributed by atoms with Crippen LogP contribution in [0.2, 0.25) is 0 Å². The quantitative estimate of drug-likeness (QED) is 0.356. The van der Waals surface area contributed by atoms with E-state index in [0.29, 0.717) is 30.3 Å². The van der Waals surface area contributed by atoms with E-state index in [1.54, 1.807) is 6.20 Å². The van der Waals surface area contributed by atoms with E-state index >= 15 is 0 Å². The number of halogens is 2. The molecule has 0 saturated carbocycles. The number of fused-ring (bicyclic) bond motifs is 1. The van der Waals surface area contributed by atoms with Crippen molar-refractivity contribution in [2.75, 3.05) is 26.2 Å². The summed E-state index contributed by atoms with van der Waals surface area (Å²) in [6.07, 6.45) is 1.81. The molecule has 1 aromatic carbocycles. The number of carbonyl (C=O) groups is 2. The highest BCUT2D eigenvalue weighted by Crippen LogP contribution is 2.32. The van der Waals surface area contributed by atoms with Crippen LogP contribution in [0.3, 0.4) is 0 Å². The smallest absolute Gasteiger partial charge is 0.245 e. The predicted octanol–water partition coefficient (Wildman–Crippen LogP) is 1.69. The average Bonchev–Trinajstić information content (AvgIpc) is 3.56. The monoisotopic (exact) mass is 498 g/mol. The van der Waals surface area contributed by atoms with Gasteiger partial charge in [0.1, 0.15) is 30.4 Å². The molecule has 5 atom stereocenters. The Kier molecular flexibility index (Phi) is 6.37. The number of aliphatic imine (C=N–C) groups is 1. The molecule has 2 fully saturated rings. The van der Waals surface area contributed by atoms with Crippen molar-refractivity contribution in [1.82, 2.24) is 20.0 Å². The second kappa shape index (κ2) is 9.49. The second-order valence-electron chi connectivity index (χ2n) is 9.73. The van der Waals surface area contributed by atoms with Crippen LogP contribution in [-0.4, -0.2) is 83.3 Å². The zero-order valence-electron chi connectivity index (χ0n) is 19.8. The number of amides is 1. The first-order chi connectivity index (χ1) is 17.3. The van der Waals surface area contributed by atoms with Crippen molar-refractivity contribution in [3.05, 3.63) is 41.7 Å². The van der Waals surface area contributed by atoms with E-state index < -0.39 is 30.3 Å². The number of hydrogen-bond donors (Lipinski definition) is 2. The molecule has 10 nitrogen and oxygen atoms in total. The molecule has 190 valence electrons. The molecule has 3 N–H and O–H groups in total. The number of likely N-dealkylation sites (tertiary alicyclic amines) is 1. The van der Waals surface area contributed by atoms with Gasteiger partial charge in [0, 0.05) is 36.5 Å². The average molecular weight is 499 g/mol. The number of rotatable bonds is 6. The number of benzene rings is 1. The van der Waals surface area contributed by atoms with Gasteiger partial charge in [-0.1, -0.05) is 19.1 Å². The van der Waals surface area contributed by atoms with Crippen molar-refractivity contribution < 1.29 is 18.4 Å². The van der Waals surface area contributed by atoms with Gasteiger partial charge in [0.05, 0.1) is 30.7 Å². The molecule has 1 amide bonds. The highest BCUT2D eigenvalue weighted by atomic mass is 19.1. The lowest BCUT2D eigenvalue weighted by atomic mass is 9.81. The van der Waals surface area contributed by atoms with E-state index in [0.717, 1.165) is 5.56 Å². The molecular formula is C24H28F2N8O2. The first-order valence-electron chi connectivity index (χ1n) is 11.9. The van der Waals surface area contributed by atoms with Crippen LogP contribution in [0.5, 0.6) is 0 Å². The lowest BCUT2D eigenvalue weighted by molar-refractivity contribution is -0.132. The number of azo groups is 1. The molecule has 36 heavy (non-hydrogen) atoms. The van der Waals surface area contributed by atoms with Crippen molar-refractivity contribution in [2.24, 2.45) is 21.0 Å². The van der Waals surface area contributed by atoms with Crippen molar-refractivity contribution in [3.63, 3.8) is 0 Å². The first-order valence-corrected chi connectivity index (χ1v) is 11.9. The number of aromatic nitrogens is 2. The number of aldehydes is 1. The summed E-state index contributed by atoms with van der Waals surface area (Å²) in [7, 11) is 0. The Labute approximate surface area is 206 Å². The zero-order valence-corrected chi connectivity index (χ0v) is 19.8. The van der Waals surface area contributed by atoms with Gasteiger partial charge in [-0.05, 0) is 17.7 Å². The minimum Gasteiger partial charge on any atom is -0.386 e. The SMILES string of the molecule is CC1(c2ccc3c(c2)c(C=O)nn3CC(=O)N2CC(F)CC2C(N)=NC2CNCC2F)C=CN=NC1. The summed E-state index contributed by atoms with van der Waals surface area (Å²) in [4.78, 5) is 30.6. The van der Waals surface area contributed by atoms with Gasteiger partial charge in [-0.3, -0.25) is 19.3 Å². The normalized spacial score (nSPS) is 30.4. The van der Waals surface area contributed by atoms with Crippen LogP contribution in [-0.2, 0) is 16.8 Å².